The van der Waals surface area contributed by atoms with Gasteiger partial charge in [0.2, 0.25) is 5.91 Å². The fourth-order valence-corrected chi connectivity index (χ4v) is 3.75. The van der Waals surface area contributed by atoms with Crippen molar-refractivity contribution < 1.29 is 14.1 Å². The van der Waals surface area contributed by atoms with E-state index in [9.17, 15) is 19.7 Å². The van der Waals surface area contributed by atoms with E-state index in [0.717, 1.165) is 11.8 Å². The van der Waals surface area contributed by atoms with Crippen molar-refractivity contribution in [2.75, 3.05) is 11.1 Å². The number of amides is 1. The number of benzene rings is 2. The molecule has 31 heavy (non-hydrogen) atoms. The summed E-state index contributed by atoms with van der Waals surface area (Å²) in [6, 6.07) is 16.1. The number of non-ortho nitro benzene ring substituents is 1. The van der Waals surface area contributed by atoms with E-state index in [4.69, 9.17) is 4.42 Å². The van der Waals surface area contributed by atoms with Crippen molar-refractivity contribution in [3.05, 3.63) is 93.2 Å². The lowest BCUT2D eigenvalue weighted by Crippen LogP contribution is -2.24. The first-order chi connectivity index (χ1) is 15.0. The first-order valence-corrected chi connectivity index (χ1v) is 10.2. The van der Waals surface area contributed by atoms with Crippen LogP contribution >= 0.6 is 11.8 Å². The van der Waals surface area contributed by atoms with Crippen LogP contribution in [-0.2, 0) is 11.3 Å². The number of fused-ring (bicyclic) bond motifs is 1. The Morgan fingerprint density at radius 3 is 2.61 bits per heavy atom. The van der Waals surface area contributed by atoms with Crippen molar-refractivity contribution in [1.82, 2.24) is 9.55 Å². The monoisotopic (exact) mass is 436 g/mol. The molecule has 2 aromatic heterocycles. The third kappa shape index (κ3) is 4.64. The lowest BCUT2D eigenvalue weighted by atomic mass is 10.2. The normalized spacial score (nSPS) is 10.8. The van der Waals surface area contributed by atoms with E-state index in [0.29, 0.717) is 27.5 Å². The molecule has 0 aliphatic carbocycles. The van der Waals surface area contributed by atoms with Gasteiger partial charge in [-0.1, -0.05) is 23.9 Å². The Bertz CT molecular complexity index is 1300. The van der Waals surface area contributed by atoms with Crippen molar-refractivity contribution >= 4 is 39.9 Å². The number of aromatic nitrogens is 2. The smallest absolute Gasteiger partial charge is 0.269 e. The molecule has 0 fully saturated rings. The molecule has 0 radical (unpaired) electrons. The Hall–Kier alpha value is -3.92. The molecule has 10 heteroatoms. The summed E-state index contributed by atoms with van der Waals surface area (Å²) in [5.41, 5.74) is 0.701. The van der Waals surface area contributed by atoms with Gasteiger partial charge in [-0.25, -0.2) is 4.98 Å². The third-order valence-electron chi connectivity index (χ3n) is 4.41. The van der Waals surface area contributed by atoms with Gasteiger partial charge in [0.1, 0.15) is 5.76 Å². The summed E-state index contributed by atoms with van der Waals surface area (Å²) in [7, 11) is 0. The molecule has 156 valence electrons. The number of hydrogen-bond acceptors (Lipinski definition) is 7. The van der Waals surface area contributed by atoms with E-state index in [1.807, 2.05) is 0 Å². The van der Waals surface area contributed by atoms with Gasteiger partial charge in [0.05, 0.1) is 34.4 Å². The number of carbonyl (C=O) groups is 1. The number of rotatable bonds is 7. The minimum Gasteiger partial charge on any atom is -0.467 e. The summed E-state index contributed by atoms with van der Waals surface area (Å²) >= 11 is 1.12. The Labute approximate surface area is 179 Å². The standard InChI is InChI=1S/C21H16N4O5S/c26-19(22-14-7-9-15(10-8-14)25(28)29)13-31-21-23-18-6-2-1-5-17(18)20(27)24(21)12-16-4-3-11-30-16/h1-11H,12-13H2,(H,22,26). The van der Waals surface area contributed by atoms with Crippen LogP contribution in [0.5, 0.6) is 0 Å². The molecule has 1 amide bonds. The fourth-order valence-electron chi connectivity index (χ4n) is 2.95. The van der Waals surface area contributed by atoms with E-state index in [-0.39, 0.29) is 29.5 Å². The summed E-state index contributed by atoms with van der Waals surface area (Å²) in [6.45, 7) is 0.190. The summed E-state index contributed by atoms with van der Waals surface area (Å²) in [5.74, 6) is 0.266. The number of anilines is 1. The second kappa shape index (κ2) is 8.84. The van der Waals surface area contributed by atoms with Crippen LogP contribution in [0.2, 0.25) is 0 Å². The predicted octanol–water partition coefficient (Wildman–Crippen LogP) is 3.68. The second-order valence-electron chi connectivity index (χ2n) is 6.52. The zero-order valence-corrected chi connectivity index (χ0v) is 16.9. The first kappa shape index (κ1) is 20.4. The molecule has 2 heterocycles. The van der Waals surface area contributed by atoms with Crippen molar-refractivity contribution in [2.24, 2.45) is 0 Å². The van der Waals surface area contributed by atoms with E-state index in [1.54, 1.807) is 36.4 Å². The predicted molar refractivity (Wildman–Crippen MR) is 116 cm³/mol. The number of nitro groups is 1. The SMILES string of the molecule is O=C(CSc1nc2ccccc2c(=O)n1Cc1ccco1)Nc1ccc([N+](=O)[O-])cc1. The van der Waals surface area contributed by atoms with Crippen LogP contribution in [0.25, 0.3) is 10.9 Å². The number of nitrogens with zero attached hydrogens (tertiary/aromatic N) is 3. The number of nitrogens with one attached hydrogen (secondary N) is 1. The van der Waals surface area contributed by atoms with Crippen LogP contribution in [0.1, 0.15) is 5.76 Å². The molecular weight excluding hydrogens is 420 g/mol. The largest absolute Gasteiger partial charge is 0.467 e. The number of nitro benzene ring substituents is 1. The average Bonchev–Trinajstić information content (AvgIpc) is 3.28. The highest BCUT2D eigenvalue weighted by Gasteiger charge is 2.15. The number of para-hydroxylation sites is 1. The fraction of sp³-hybridized carbons (Fsp3) is 0.0952. The second-order valence-corrected chi connectivity index (χ2v) is 7.47. The maximum absolute atomic E-state index is 13.0. The van der Waals surface area contributed by atoms with Crippen LogP contribution in [0.4, 0.5) is 11.4 Å². The van der Waals surface area contributed by atoms with Gasteiger partial charge in [-0.2, -0.15) is 0 Å². The van der Waals surface area contributed by atoms with E-state index >= 15 is 0 Å². The molecule has 0 bridgehead atoms. The first-order valence-electron chi connectivity index (χ1n) is 9.20. The van der Waals surface area contributed by atoms with Gasteiger partial charge in [0.15, 0.2) is 5.16 Å². The van der Waals surface area contributed by atoms with Gasteiger partial charge in [0.25, 0.3) is 11.2 Å². The molecule has 0 saturated heterocycles. The minimum absolute atomic E-state index is 0.0000768. The van der Waals surface area contributed by atoms with Gasteiger partial charge in [-0.3, -0.25) is 24.3 Å². The van der Waals surface area contributed by atoms with Crippen LogP contribution < -0.4 is 10.9 Å². The zero-order chi connectivity index (χ0) is 21.8. The molecule has 4 rings (SSSR count). The average molecular weight is 436 g/mol. The number of thioether (sulfide) groups is 1. The van der Waals surface area contributed by atoms with Gasteiger partial charge >= 0.3 is 0 Å². The Morgan fingerprint density at radius 1 is 1.13 bits per heavy atom. The molecule has 0 spiro atoms. The summed E-state index contributed by atoms with van der Waals surface area (Å²) < 4.78 is 6.84. The van der Waals surface area contributed by atoms with Crippen molar-refractivity contribution in [3.63, 3.8) is 0 Å². The van der Waals surface area contributed by atoms with E-state index < -0.39 is 4.92 Å². The Morgan fingerprint density at radius 2 is 1.90 bits per heavy atom. The third-order valence-corrected chi connectivity index (χ3v) is 5.39. The molecule has 9 nitrogen and oxygen atoms in total. The van der Waals surface area contributed by atoms with E-state index in [2.05, 4.69) is 10.3 Å². The summed E-state index contributed by atoms with van der Waals surface area (Å²) in [6.07, 6.45) is 1.53. The lowest BCUT2D eigenvalue weighted by molar-refractivity contribution is -0.384. The van der Waals surface area contributed by atoms with Gasteiger partial charge in [-0.05, 0) is 36.4 Å². The zero-order valence-electron chi connectivity index (χ0n) is 16.1. The molecule has 0 aliphatic heterocycles. The topological polar surface area (TPSA) is 120 Å². The lowest BCUT2D eigenvalue weighted by Gasteiger charge is -2.12. The van der Waals surface area contributed by atoms with Crippen LogP contribution in [0.3, 0.4) is 0 Å². The van der Waals surface area contributed by atoms with Crippen molar-refractivity contribution in [1.29, 1.82) is 0 Å². The van der Waals surface area contributed by atoms with Crippen molar-refractivity contribution in [3.8, 4) is 0 Å². The quantitative estimate of drug-likeness (QED) is 0.203. The molecule has 0 unspecified atom stereocenters. The number of furan rings is 1. The Kier molecular flexibility index (Phi) is 5.80. The number of carbonyl (C=O) groups excluding carboxylic acids is 1. The van der Waals surface area contributed by atoms with Crippen LogP contribution in [0, 0.1) is 10.1 Å². The number of hydrogen-bond donors (Lipinski definition) is 1. The molecule has 4 aromatic rings. The molecule has 2 aromatic carbocycles. The highest BCUT2D eigenvalue weighted by atomic mass is 32.2. The molecule has 0 atom stereocenters. The summed E-state index contributed by atoms with van der Waals surface area (Å²) in [4.78, 5) is 40.2. The summed E-state index contributed by atoms with van der Waals surface area (Å²) in [5, 5.41) is 14.3. The van der Waals surface area contributed by atoms with Gasteiger partial charge < -0.3 is 9.73 Å². The maximum atomic E-state index is 13.0. The molecular formula is C21H16N4O5S. The molecule has 1 N–H and O–H groups in total. The van der Waals surface area contributed by atoms with Gasteiger partial charge in [-0.15, -0.1) is 0 Å². The minimum atomic E-state index is -0.509. The maximum Gasteiger partial charge on any atom is 0.269 e. The molecule has 0 aliphatic rings. The van der Waals surface area contributed by atoms with Crippen molar-refractivity contribution in [2.45, 2.75) is 11.7 Å². The van der Waals surface area contributed by atoms with Crippen LogP contribution in [-0.4, -0.2) is 26.1 Å². The Balaban J connectivity index is 1.54. The highest BCUT2D eigenvalue weighted by molar-refractivity contribution is 7.99. The van der Waals surface area contributed by atoms with E-state index in [1.165, 1.54) is 35.1 Å². The highest BCUT2D eigenvalue weighted by Crippen LogP contribution is 2.20. The van der Waals surface area contributed by atoms with Crippen LogP contribution in [0.15, 0.2) is 81.3 Å². The molecule has 0 saturated carbocycles. The van der Waals surface area contributed by atoms with Gasteiger partial charge in [0, 0.05) is 17.8 Å².